The molecule has 0 bridgehead atoms. The fourth-order valence-electron chi connectivity index (χ4n) is 2.38. The van der Waals surface area contributed by atoms with Crippen LogP contribution in [-0.2, 0) is 10.5 Å². The highest BCUT2D eigenvalue weighted by molar-refractivity contribution is 8.02. The lowest BCUT2D eigenvalue weighted by Crippen LogP contribution is -2.16. The smallest absolute Gasteiger partial charge is 0.262 e. The van der Waals surface area contributed by atoms with Crippen LogP contribution < -0.4 is 15.8 Å². The standard InChI is InChI=1S/C20H21N3O2S/c1-13-7-8-15(14(2)9-13)12-26-20(18(11-21)19(22)24)23-16-5-4-6-17(10-16)25-3/h4-10,23H,12H2,1-3H3,(H2,22,24)/b20-18+. The van der Waals surface area contributed by atoms with Crippen LogP contribution in [0.15, 0.2) is 53.1 Å². The van der Waals surface area contributed by atoms with Crippen LogP contribution in [0.2, 0.25) is 0 Å². The molecule has 0 saturated carbocycles. The van der Waals surface area contributed by atoms with Crippen LogP contribution in [0.1, 0.15) is 16.7 Å². The van der Waals surface area contributed by atoms with Gasteiger partial charge in [0.25, 0.3) is 5.91 Å². The minimum atomic E-state index is -0.758. The molecule has 0 fully saturated rings. The Labute approximate surface area is 157 Å². The van der Waals surface area contributed by atoms with Gasteiger partial charge in [-0.05, 0) is 37.1 Å². The van der Waals surface area contributed by atoms with E-state index in [1.54, 1.807) is 13.2 Å². The quantitative estimate of drug-likeness (QED) is 0.573. The average molecular weight is 367 g/mol. The van der Waals surface area contributed by atoms with Crippen LogP contribution in [0, 0.1) is 25.2 Å². The van der Waals surface area contributed by atoms with E-state index in [4.69, 9.17) is 10.5 Å². The molecule has 3 N–H and O–H groups in total. The van der Waals surface area contributed by atoms with Gasteiger partial charge < -0.3 is 15.8 Å². The van der Waals surface area contributed by atoms with E-state index < -0.39 is 5.91 Å². The van der Waals surface area contributed by atoms with Crippen molar-refractivity contribution in [3.8, 4) is 11.8 Å². The van der Waals surface area contributed by atoms with Crippen molar-refractivity contribution in [2.45, 2.75) is 19.6 Å². The van der Waals surface area contributed by atoms with E-state index >= 15 is 0 Å². The molecule has 5 nitrogen and oxygen atoms in total. The topological polar surface area (TPSA) is 88.1 Å². The summed E-state index contributed by atoms with van der Waals surface area (Å²) in [5.74, 6) is 0.522. The number of hydrogen-bond acceptors (Lipinski definition) is 5. The minimum absolute atomic E-state index is 0.0948. The molecule has 0 aliphatic heterocycles. The minimum Gasteiger partial charge on any atom is -0.497 e. The van der Waals surface area contributed by atoms with Gasteiger partial charge in [-0.2, -0.15) is 5.26 Å². The molecule has 134 valence electrons. The van der Waals surface area contributed by atoms with E-state index in [1.807, 2.05) is 44.2 Å². The molecule has 0 heterocycles. The Morgan fingerprint density at radius 2 is 2.04 bits per heavy atom. The number of nitrogens with two attached hydrogens (primary N) is 1. The molecule has 26 heavy (non-hydrogen) atoms. The summed E-state index contributed by atoms with van der Waals surface area (Å²) >= 11 is 1.37. The summed E-state index contributed by atoms with van der Waals surface area (Å²) in [6.07, 6.45) is 0. The second-order valence-electron chi connectivity index (χ2n) is 5.76. The Kier molecular flexibility index (Phi) is 6.70. The number of nitrogens with zero attached hydrogens (tertiary/aromatic N) is 1. The largest absolute Gasteiger partial charge is 0.497 e. The monoisotopic (exact) mass is 367 g/mol. The second-order valence-corrected chi connectivity index (χ2v) is 6.74. The molecule has 0 saturated heterocycles. The zero-order valence-corrected chi connectivity index (χ0v) is 15.8. The van der Waals surface area contributed by atoms with Gasteiger partial charge in [-0.3, -0.25) is 4.79 Å². The van der Waals surface area contributed by atoms with Crippen LogP contribution in [0.5, 0.6) is 5.75 Å². The number of carbonyl (C=O) groups is 1. The number of anilines is 1. The molecule has 1 amide bonds. The number of rotatable bonds is 7. The van der Waals surface area contributed by atoms with Gasteiger partial charge in [0.05, 0.1) is 12.1 Å². The van der Waals surface area contributed by atoms with Crippen LogP contribution in [0.25, 0.3) is 0 Å². The molecule has 0 radical (unpaired) electrons. The lowest BCUT2D eigenvalue weighted by molar-refractivity contribution is -0.114. The molecule has 6 heteroatoms. The molecule has 0 aromatic heterocycles. The SMILES string of the molecule is COc1cccc(N/C(SCc2ccc(C)cc2C)=C(/C#N)C(N)=O)c1. The number of primary amides is 1. The Bertz CT molecular complexity index is 885. The summed E-state index contributed by atoms with van der Waals surface area (Å²) in [6, 6.07) is 15.4. The van der Waals surface area contributed by atoms with Crippen molar-refractivity contribution in [3.05, 3.63) is 69.8 Å². The zero-order valence-electron chi connectivity index (χ0n) is 15.0. The lowest BCUT2D eigenvalue weighted by Gasteiger charge is -2.14. The summed E-state index contributed by atoms with van der Waals surface area (Å²) in [5.41, 5.74) is 9.48. The van der Waals surface area contributed by atoms with Gasteiger partial charge >= 0.3 is 0 Å². The van der Waals surface area contributed by atoms with Gasteiger partial charge in [-0.15, -0.1) is 11.8 Å². The number of thioether (sulfide) groups is 1. The van der Waals surface area contributed by atoms with Gasteiger partial charge in [-0.25, -0.2) is 0 Å². The first-order chi connectivity index (χ1) is 12.4. The third-order valence-corrected chi connectivity index (χ3v) is 4.83. The summed E-state index contributed by atoms with van der Waals surface area (Å²) < 4.78 is 5.21. The first kappa shape index (κ1) is 19.4. The molecule has 0 atom stereocenters. The van der Waals surface area contributed by atoms with E-state index in [1.165, 1.54) is 17.3 Å². The molecule has 0 aliphatic carbocycles. The molecule has 2 rings (SSSR count). The average Bonchev–Trinajstić information content (AvgIpc) is 2.61. The van der Waals surface area contributed by atoms with Gasteiger partial charge in [0.15, 0.2) is 0 Å². The van der Waals surface area contributed by atoms with Gasteiger partial charge in [-0.1, -0.05) is 29.8 Å². The fraction of sp³-hybridized carbons (Fsp3) is 0.200. The number of nitriles is 1. The van der Waals surface area contributed by atoms with Crippen molar-refractivity contribution >= 4 is 23.4 Å². The summed E-state index contributed by atoms with van der Waals surface area (Å²) in [7, 11) is 1.58. The summed E-state index contributed by atoms with van der Waals surface area (Å²) in [6.45, 7) is 4.08. The Morgan fingerprint density at radius 1 is 1.27 bits per heavy atom. The maximum absolute atomic E-state index is 11.7. The van der Waals surface area contributed by atoms with Crippen LogP contribution in [0.3, 0.4) is 0 Å². The van der Waals surface area contributed by atoms with Crippen LogP contribution in [-0.4, -0.2) is 13.0 Å². The lowest BCUT2D eigenvalue weighted by atomic mass is 10.1. The highest BCUT2D eigenvalue weighted by Crippen LogP contribution is 2.29. The van der Waals surface area contributed by atoms with Crippen molar-refractivity contribution in [3.63, 3.8) is 0 Å². The van der Waals surface area contributed by atoms with Crippen LogP contribution in [0.4, 0.5) is 5.69 Å². The Morgan fingerprint density at radius 3 is 2.65 bits per heavy atom. The molecule has 0 unspecified atom stereocenters. The predicted molar refractivity (Wildman–Crippen MR) is 106 cm³/mol. The first-order valence-corrected chi connectivity index (χ1v) is 8.97. The molecule has 2 aromatic rings. The molecule has 2 aromatic carbocycles. The third kappa shape index (κ3) is 5.04. The van der Waals surface area contributed by atoms with Gasteiger partial charge in [0, 0.05) is 17.5 Å². The number of methoxy groups -OCH3 is 1. The van der Waals surface area contributed by atoms with E-state index in [2.05, 4.69) is 17.4 Å². The molecule has 0 aliphatic rings. The zero-order chi connectivity index (χ0) is 19.1. The van der Waals surface area contributed by atoms with Crippen molar-refractivity contribution in [1.29, 1.82) is 5.26 Å². The normalized spacial score (nSPS) is 11.3. The number of nitrogens with one attached hydrogen (secondary N) is 1. The van der Waals surface area contributed by atoms with E-state index in [0.717, 1.165) is 11.1 Å². The van der Waals surface area contributed by atoms with E-state index in [0.29, 0.717) is 22.2 Å². The molecular formula is C20H21N3O2S. The highest BCUT2D eigenvalue weighted by Gasteiger charge is 2.14. The van der Waals surface area contributed by atoms with Crippen molar-refractivity contribution in [2.24, 2.45) is 5.73 Å². The maximum atomic E-state index is 11.7. The highest BCUT2D eigenvalue weighted by atomic mass is 32.2. The van der Waals surface area contributed by atoms with Crippen LogP contribution >= 0.6 is 11.8 Å². The van der Waals surface area contributed by atoms with Crippen molar-refractivity contribution in [1.82, 2.24) is 0 Å². The predicted octanol–water partition coefficient (Wildman–Crippen LogP) is 3.88. The third-order valence-electron chi connectivity index (χ3n) is 3.78. The number of benzene rings is 2. The second kappa shape index (κ2) is 8.97. The van der Waals surface area contributed by atoms with Crippen molar-refractivity contribution in [2.75, 3.05) is 12.4 Å². The fourth-order valence-corrected chi connectivity index (χ4v) is 3.48. The van der Waals surface area contributed by atoms with E-state index in [9.17, 15) is 10.1 Å². The first-order valence-electron chi connectivity index (χ1n) is 7.98. The number of carbonyl (C=O) groups excluding carboxylic acids is 1. The maximum Gasteiger partial charge on any atom is 0.262 e. The summed E-state index contributed by atoms with van der Waals surface area (Å²) in [4.78, 5) is 11.7. The number of aryl methyl sites for hydroxylation is 2. The Balaban J connectivity index is 2.30. The van der Waals surface area contributed by atoms with Crippen molar-refractivity contribution < 1.29 is 9.53 Å². The summed E-state index contributed by atoms with van der Waals surface area (Å²) in [5, 5.41) is 12.9. The van der Waals surface area contributed by atoms with E-state index in [-0.39, 0.29) is 5.57 Å². The molecule has 0 spiro atoms. The number of hydrogen-bond donors (Lipinski definition) is 2. The van der Waals surface area contributed by atoms with Gasteiger partial charge in [0.1, 0.15) is 17.4 Å². The number of amides is 1. The number of ether oxygens (including phenoxy) is 1. The molecular weight excluding hydrogens is 346 g/mol. The Hall–Kier alpha value is -2.91. The van der Waals surface area contributed by atoms with Gasteiger partial charge in [0.2, 0.25) is 0 Å².